The lowest BCUT2D eigenvalue weighted by Crippen LogP contribution is -2.23. The van der Waals surface area contributed by atoms with Gasteiger partial charge in [-0.1, -0.05) is 11.2 Å². The summed E-state index contributed by atoms with van der Waals surface area (Å²) in [7, 11) is -0.755. The summed E-state index contributed by atoms with van der Waals surface area (Å²) in [5.74, 6) is 0.161. The molecule has 2 aromatic heterocycles. The van der Waals surface area contributed by atoms with E-state index in [-0.39, 0.29) is 10.7 Å². The first-order valence-corrected chi connectivity index (χ1v) is 11.3. The number of pyridine rings is 1. The van der Waals surface area contributed by atoms with E-state index in [0.717, 1.165) is 15.7 Å². The number of hydrogen-bond acceptors (Lipinski definition) is 7. The number of carbonyl (C=O) groups excluding carboxylic acids is 1. The molecule has 0 saturated heterocycles. The van der Waals surface area contributed by atoms with Crippen molar-refractivity contribution in [2.75, 3.05) is 26.0 Å². The number of anilines is 1. The topological polar surface area (TPSA) is 145 Å². The highest BCUT2D eigenvalue weighted by Crippen LogP contribution is 2.18. The molecule has 3 rings (SSSR count). The van der Waals surface area contributed by atoms with Crippen molar-refractivity contribution in [3.63, 3.8) is 0 Å². The summed E-state index contributed by atoms with van der Waals surface area (Å²) in [5.41, 5.74) is 8.58. The third-order valence-electron chi connectivity index (χ3n) is 4.53. The lowest BCUT2D eigenvalue weighted by Gasteiger charge is -2.12. The quantitative estimate of drug-likeness (QED) is 0.287. The Balaban J connectivity index is 1.59. The molecule has 3 aromatic rings. The molecule has 0 aliphatic carbocycles. The van der Waals surface area contributed by atoms with Gasteiger partial charge in [0.15, 0.2) is 18.3 Å². The molecule has 3 N–H and O–H groups in total. The number of benzene rings is 1. The predicted molar refractivity (Wildman–Crippen MR) is 123 cm³/mol. The van der Waals surface area contributed by atoms with Crippen molar-refractivity contribution in [1.82, 2.24) is 19.1 Å². The summed E-state index contributed by atoms with van der Waals surface area (Å²) in [4.78, 5) is 21.6. The Morgan fingerprint density at radius 2 is 1.97 bits per heavy atom. The Morgan fingerprint density at radius 1 is 1.21 bits per heavy atom. The Hall–Kier alpha value is -3.77. The molecular weight excluding hydrogens is 446 g/mol. The van der Waals surface area contributed by atoms with Crippen molar-refractivity contribution in [2.45, 2.75) is 18.7 Å². The number of amides is 1. The largest absolute Gasteiger partial charge is 0.384 e. The molecule has 0 bridgehead atoms. The number of oxime groups is 1. The second kappa shape index (κ2) is 9.79. The number of nitrogens with two attached hydrogens (primary N) is 1. The number of amidine groups is 1. The van der Waals surface area contributed by atoms with Gasteiger partial charge in [0.2, 0.25) is 10.0 Å². The van der Waals surface area contributed by atoms with Gasteiger partial charge < -0.3 is 15.9 Å². The molecule has 2 heterocycles. The minimum absolute atomic E-state index is 0.0503. The molecule has 0 unspecified atom stereocenters. The summed E-state index contributed by atoms with van der Waals surface area (Å²) >= 11 is 0. The molecule has 0 aliphatic heterocycles. The van der Waals surface area contributed by atoms with Crippen molar-refractivity contribution in [3.05, 3.63) is 65.6 Å². The number of aromatic nitrogens is 3. The highest BCUT2D eigenvalue weighted by molar-refractivity contribution is 7.89. The van der Waals surface area contributed by atoms with Gasteiger partial charge >= 0.3 is 0 Å². The number of rotatable bonds is 8. The van der Waals surface area contributed by atoms with Crippen LogP contribution in [0.1, 0.15) is 17.0 Å². The maximum Gasteiger partial charge on any atom is 0.265 e. The predicted octanol–water partition coefficient (Wildman–Crippen LogP) is 1.41. The van der Waals surface area contributed by atoms with Crippen molar-refractivity contribution in [1.29, 1.82) is 0 Å². The first-order chi connectivity index (χ1) is 15.6. The van der Waals surface area contributed by atoms with Gasteiger partial charge in [-0.15, -0.1) is 0 Å². The Labute approximate surface area is 191 Å². The standard InChI is InChI=1S/C21H25N7O4S/c1-14-10-15(2)28(25-14)19-9-8-16(12-23-19)21(22)26-32-13-20(29)24-17-6-5-7-18(11-17)33(30,31)27(3)4/h5-12H,13H2,1-4H3,(H2,22,26)(H,24,29). The Bertz CT molecular complexity index is 1280. The fourth-order valence-electron chi connectivity index (χ4n) is 2.88. The van der Waals surface area contributed by atoms with Crippen molar-refractivity contribution in [3.8, 4) is 5.82 Å². The minimum Gasteiger partial charge on any atom is -0.384 e. The molecule has 0 radical (unpaired) electrons. The summed E-state index contributed by atoms with van der Waals surface area (Å²) in [5, 5.41) is 10.7. The van der Waals surface area contributed by atoms with Crippen LogP contribution < -0.4 is 11.1 Å². The van der Waals surface area contributed by atoms with Crippen LogP contribution in [0.4, 0.5) is 5.69 Å². The molecular formula is C21H25N7O4S. The average molecular weight is 472 g/mol. The molecule has 1 amide bonds. The van der Waals surface area contributed by atoms with Gasteiger partial charge in [-0.25, -0.2) is 22.4 Å². The van der Waals surface area contributed by atoms with Gasteiger partial charge in [-0.2, -0.15) is 5.10 Å². The van der Waals surface area contributed by atoms with Crippen LogP contribution in [0.15, 0.2) is 58.7 Å². The van der Waals surface area contributed by atoms with E-state index in [1.807, 2.05) is 19.9 Å². The Kier molecular flexibility index (Phi) is 7.09. The maximum absolute atomic E-state index is 12.2. The number of sulfonamides is 1. The van der Waals surface area contributed by atoms with Crippen molar-refractivity contribution < 1.29 is 18.0 Å². The molecule has 0 aliphatic rings. The second-order valence-electron chi connectivity index (χ2n) is 7.36. The van der Waals surface area contributed by atoms with E-state index in [9.17, 15) is 13.2 Å². The normalized spacial score (nSPS) is 12.1. The molecule has 0 fully saturated rings. The number of nitrogens with zero attached hydrogens (tertiary/aromatic N) is 5. The van der Waals surface area contributed by atoms with Crippen LogP contribution in [-0.2, 0) is 19.7 Å². The van der Waals surface area contributed by atoms with Crippen molar-refractivity contribution >= 4 is 27.5 Å². The van der Waals surface area contributed by atoms with Crippen molar-refractivity contribution in [2.24, 2.45) is 10.9 Å². The first-order valence-electron chi connectivity index (χ1n) is 9.86. The number of hydrogen-bond donors (Lipinski definition) is 2. The zero-order valence-corrected chi connectivity index (χ0v) is 19.5. The van der Waals surface area contributed by atoms with Gasteiger partial charge in [0.1, 0.15) is 0 Å². The molecule has 1 aromatic carbocycles. The van der Waals surface area contributed by atoms with E-state index in [0.29, 0.717) is 17.1 Å². The van der Waals surface area contributed by atoms with Crippen LogP contribution in [0, 0.1) is 13.8 Å². The number of nitrogens with one attached hydrogen (secondary N) is 1. The lowest BCUT2D eigenvalue weighted by molar-refractivity contribution is -0.120. The molecule has 0 saturated carbocycles. The highest BCUT2D eigenvalue weighted by Gasteiger charge is 2.17. The van der Waals surface area contributed by atoms with E-state index in [1.54, 1.807) is 22.9 Å². The lowest BCUT2D eigenvalue weighted by atomic mass is 10.2. The SMILES string of the molecule is Cc1cc(C)n(-c2ccc(/C(N)=N\OCC(=O)Nc3cccc(S(=O)(=O)N(C)C)c3)cn2)n1. The fraction of sp³-hybridized carbons (Fsp3) is 0.238. The third-order valence-corrected chi connectivity index (χ3v) is 6.34. The minimum atomic E-state index is -3.62. The second-order valence-corrected chi connectivity index (χ2v) is 9.51. The summed E-state index contributed by atoms with van der Waals surface area (Å²) in [6.45, 7) is 3.42. The smallest absolute Gasteiger partial charge is 0.265 e. The average Bonchev–Trinajstić information content (AvgIpc) is 3.11. The van der Waals surface area contributed by atoms with E-state index in [1.165, 1.54) is 38.5 Å². The first kappa shape index (κ1) is 23.9. The molecule has 174 valence electrons. The van der Waals surface area contributed by atoms with Gasteiger partial charge in [-0.3, -0.25) is 4.79 Å². The van der Waals surface area contributed by atoms with E-state index >= 15 is 0 Å². The fourth-order valence-corrected chi connectivity index (χ4v) is 3.83. The monoisotopic (exact) mass is 471 g/mol. The van der Waals surface area contributed by atoms with Gasteiger partial charge in [0.05, 0.1) is 10.6 Å². The van der Waals surface area contributed by atoms with Crippen LogP contribution in [-0.4, -0.2) is 59.9 Å². The van der Waals surface area contributed by atoms with Crippen LogP contribution >= 0.6 is 0 Å². The maximum atomic E-state index is 12.2. The van der Waals surface area contributed by atoms with Gasteiger partial charge in [-0.05, 0) is 50.2 Å². The van der Waals surface area contributed by atoms with Gasteiger partial charge in [0.25, 0.3) is 5.91 Å². The zero-order chi connectivity index (χ0) is 24.2. The highest BCUT2D eigenvalue weighted by atomic mass is 32.2. The van der Waals surface area contributed by atoms with E-state index in [4.69, 9.17) is 10.6 Å². The summed E-state index contributed by atoms with van der Waals surface area (Å²) in [6, 6.07) is 11.3. The van der Waals surface area contributed by atoms with Crippen LogP contribution in [0.3, 0.4) is 0 Å². The zero-order valence-electron chi connectivity index (χ0n) is 18.7. The van der Waals surface area contributed by atoms with Crippen LogP contribution in [0.25, 0.3) is 5.82 Å². The van der Waals surface area contributed by atoms with E-state index < -0.39 is 22.5 Å². The third kappa shape index (κ3) is 5.73. The van der Waals surface area contributed by atoms with Crippen LogP contribution in [0.2, 0.25) is 0 Å². The summed E-state index contributed by atoms with van der Waals surface area (Å²) < 4.78 is 27.2. The molecule has 0 spiro atoms. The van der Waals surface area contributed by atoms with E-state index in [2.05, 4.69) is 20.6 Å². The molecule has 0 atom stereocenters. The van der Waals surface area contributed by atoms with Gasteiger partial charge in [0, 0.05) is 37.2 Å². The summed E-state index contributed by atoms with van der Waals surface area (Å²) in [6.07, 6.45) is 1.53. The molecule has 12 heteroatoms. The number of aryl methyl sites for hydroxylation is 2. The number of carbonyl (C=O) groups is 1. The molecule has 11 nitrogen and oxygen atoms in total. The Morgan fingerprint density at radius 3 is 2.58 bits per heavy atom. The van der Waals surface area contributed by atoms with Crippen LogP contribution in [0.5, 0.6) is 0 Å². The molecule has 33 heavy (non-hydrogen) atoms.